The summed E-state index contributed by atoms with van der Waals surface area (Å²) in [6.45, 7) is 0. The molecule has 0 heterocycles. The van der Waals surface area contributed by atoms with Gasteiger partial charge in [-0.15, -0.1) is 4.13 Å². The summed E-state index contributed by atoms with van der Waals surface area (Å²) in [6, 6.07) is 9.88. The zero-order valence-electron chi connectivity index (χ0n) is 14.2. The standard InChI is InChI=1S/C16H15NO8S2/c1-24-15(18)11-7-3-5-9-13(11)26(20,21)17-27(22,23)14-10-6-4-8-12(14)16(19)25-2/h3-10,17H,1-2H3. The van der Waals surface area contributed by atoms with Crippen LogP contribution in [0.25, 0.3) is 0 Å². The number of carbonyl (C=O) groups is 2. The highest BCUT2D eigenvalue weighted by atomic mass is 32.3. The van der Waals surface area contributed by atoms with E-state index in [-0.39, 0.29) is 11.1 Å². The molecule has 0 unspecified atom stereocenters. The molecule has 0 fully saturated rings. The summed E-state index contributed by atoms with van der Waals surface area (Å²) in [5.74, 6) is -1.91. The summed E-state index contributed by atoms with van der Waals surface area (Å²) in [5.41, 5.74) is -0.687. The van der Waals surface area contributed by atoms with E-state index in [4.69, 9.17) is 0 Å². The quantitative estimate of drug-likeness (QED) is 0.692. The van der Waals surface area contributed by atoms with Gasteiger partial charge in [0.1, 0.15) is 0 Å². The Balaban J connectivity index is 2.54. The fourth-order valence-electron chi connectivity index (χ4n) is 2.19. The van der Waals surface area contributed by atoms with Gasteiger partial charge in [0, 0.05) is 0 Å². The fourth-order valence-corrected chi connectivity index (χ4v) is 5.46. The van der Waals surface area contributed by atoms with E-state index in [1.807, 2.05) is 0 Å². The summed E-state index contributed by atoms with van der Waals surface area (Å²) < 4.78 is 60.9. The molecule has 0 radical (unpaired) electrons. The average Bonchev–Trinajstić information content (AvgIpc) is 2.66. The molecular formula is C16H15NO8S2. The SMILES string of the molecule is COC(=O)c1ccccc1S(=O)(=O)NS(=O)(=O)c1ccccc1C(=O)OC. The molecule has 0 aromatic heterocycles. The van der Waals surface area contributed by atoms with E-state index in [9.17, 15) is 26.4 Å². The topological polar surface area (TPSA) is 133 Å². The molecule has 2 rings (SSSR count). The van der Waals surface area contributed by atoms with Crippen molar-refractivity contribution >= 4 is 32.0 Å². The van der Waals surface area contributed by atoms with Crippen LogP contribution in [0.1, 0.15) is 20.7 Å². The maximum Gasteiger partial charge on any atom is 0.339 e. The lowest BCUT2D eigenvalue weighted by molar-refractivity contribution is 0.0587. The molecule has 27 heavy (non-hydrogen) atoms. The van der Waals surface area contributed by atoms with Gasteiger partial charge < -0.3 is 9.47 Å². The maximum absolute atomic E-state index is 12.6. The first kappa shape index (κ1) is 20.6. The zero-order chi connectivity index (χ0) is 20.2. The van der Waals surface area contributed by atoms with Crippen LogP contribution in [0.5, 0.6) is 0 Å². The third-order valence-electron chi connectivity index (χ3n) is 3.38. The third kappa shape index (κ3) is 4.32. The molecule has 144 valence electrons. The van der Waals surface area contributed by atoms with Gasteiger partial charge in [0.05, 0.1) is 35.1 Å². The Morgan fingerprint density at radius 1 is 0.704 bits per heavy atom. The first-order valence-corrected chi connectivity index (χ1v) is 10.2. The van der Waals surface area contributed by atoms with Crippen molar-refractivity contribution in [1.82, 2.24) is 4.13 Å². The third-order valence-corrected chi connectivity index (χ3v) is 7.01. The molecule has 0 spiro atoms. The average molecular weight is 413 g/mol. The Hall–Kier alpha value is -2.76. The molecule has 0 aliphatic heterocycles. The number of hydrogen-bond acceptors (Lipinski definition) is 8. The largest absolute Gasteiger partial charge is 0.465 e. The molecule has 2 aromatic carbocycles. The highest BCUT2D eigenvalue weighted by molar-refractivity contribution is 8.04. The van der Waals surface area contributed by atoms with E-state index in [2.05, 4.69) is 9.47 Å². The molecule has 2 aromatic rings. The lowest BCUT2D eigenvalue weighted by Gasteiger charge is -2.12. The van der Waals surface area contributed by atoms with Gasteiger partial charge in [-0.25, -0.2) is 26.4 Å². The van der Waals surface area contributed by atoms with Crippen LogP contribution in [0.15, 0.2) is 58.3 Å². The van der Waals surface area contributed by atoms with Gasteiger partial charge in [-0.05, 0) is 24.3 Å². The number of rotatable bonds is 6. The van der Waals surface area contributed by atoms with Crippen LogP contribution < -0.4 is 4.13 Å². The van der Waals surface area contributed by atoms with Gasteiger partial charge in [0.15, 0.2) is 0 Å². The second kappa shape index (κ2) is 7.86. The van der Waals surface area contributed by atoms with Crippen molar-refractivity contribution in [2.24, 2.45) is 0 Å². The lowest BCUT2D eigenvalue weighted by atomic mass is 10.2. The Bertz CT molecular complexity index is 1000. The van der Waals surface area contributed by atoms with Crippen LogP contribution in [0.3, 0.4) is 0 Å². The van der Waals surface area contributed by atoms with Gasteiger partial charge in [-0.3, -0.25) is 0 Å². The summed E-state index contributed by atoms with van der Waals surface area (Å²) >= 11 is 0. The van der Waals surface area contributed by atoms with Crippen molar-refractivity contribution in [1.29, 1.82) is 0 Å². The summed E-state index contributed by atoms with van der Waals surface area (Å²) in [6.07, 6.45) is 0. The van der Waals surface area contributed by atoms with Crippen molar-refractivity contribution in [3.8, 4) is 0 Å². The van der Waals surface area contributed by atoms with Gasteiger partial charge in [0.2, 0.25) is 0 Å². The number of esters is 2. The summed E-state index contributed by atoms with van der Waals surface area (Å²) in [4.78, 5) is 22.4. The minimum atomic E-state index is -4.69. The van der Waals surface area contributed by atoms with Crippen LogP contribution >= 0.6 is 0 Å². The van der Waals surface area contributed by atoms with E-state index in [0.29, 0.717) is 0 Å². The van der Waals surface area contributed by atoms with E-state index in [0.717, 1.165) is 26.4 Å². The first-order chi connectivity index (χ1) is 12.6. The molecule has 0 atom stereocenters. The highest BCUT2D eigenvalue weighted by Gasteiger charge is 2.31. The van der Waals surface area contributed by atoms with Crippen molar-refractivity contribution < 1.29 is 35.9 Å². The highest BCUT2D eigenvalue weighted by Crippen LogP contribution is 2.21. The molecule has 9 nitrogen and oxygen atoms in total. The van der Waals surface area contributed by atoms with E-state index < -0.39 is 41.8 Å². The maximum atomic E-state index is 12.6. The number of methoxy groups -OCH3 is 2. The Morgan fingerprint density at radius 3 is 1.37 bits per heavy atom. The number of nitrogens with one attached hydrogen (secondary N) is 1. The van der Waals surface area contributed by atoms with Gasteiger partial charge in [0.25, 0.3) is 20.0 Å². The first-order valence-electron chi connectivity index (χ1n) is 7.27. The fraction of sp³-hybridized carbons (Fsp3) is 0.125. The number of sulfonamides is 2. The van der Waals surface area contributed by atoms with Crippen LogP contribution in [0, 0.1) is 0 Å². The predicted molar refractivity (Wildman–Crippen MR) is 93.1 cm³/mol. The molecule has 0 saturated carbocycles. The molecule has 0 aliphatic carbocycles. The summed E-state index contributed by atoms with van der Waals surface area (Å²) in [5, 5.41) is 0. The van der Waals surface area contributed by atoms with Crippen LogP contribution in [0.2, 0.25) is 0 Å². The van der Waals surface area contributed by atoms with Crippen LogP contribution in [0.4, 0.5) is 0 Å². The number of carbonyl (C=O) groups excluding carboxylic acids is 2. The Kier molecular flexibility index (Phi) is 5.98. The molecule has 1 N–H and O–H groups in total. The minimum Gasteiger partial charge on any atom is -0.465 e. The van der Waals surface area contributed by atoms with Crippen molar-refractivity contribution in [2.45, 2.75) is 9.79 Å². The van der Waals surface area contributed by atoms with Gasteiger partial charge in [-0.2, -0.15) is 0 Å². The summed E-state index contributed by atoms with van der Waals surface area (Å²) in [7, 11) is -7.27. The zero-order valence-corrected chi connectivity index (χ0v) is 15.8. The van der Waals surface area contributed by atoms with Crippen molar-refractivity contribution in [3.63, 3.8) is 0 Å². The number of hydrogen-bond donors (Lipinski definition) is 1. The second-order valence-corrected chi connectivity index (χ2v) is 8.63. The second-order valence-electron chi connectivity index (χ2n) is 5.07. The molecule has 0 aliphatic rings. The Morgan fingerprint density at radius 2 is 1.04 bits per heavy atom. The molecular weight excluding hydrogens is 398 g/mol. The van der Waals surface area contributed by atoms with Crippen LogP contribution in [-0.4, -0.2) is 43.0 Å². The Labute approximate surface area is 156 Å². The predicted octanol–water partition coefficient (Wildman–Crippen LogP) is 0.927. The number of benzene rings is 2. The molecule has 0 bridgehead atoms. The van der Waals surface area contributed by atoms with Gasteiger partial charge >= 0.3 is 11.9 Å². The molecule has 11 heteroatoms. The van der Waals surface area contributed by atoms with Gasteiger partial charge in [-0.1, -0.05) is 24.3 Å². The smallest absolute Gasteiger partial charge is 0.339 e. The minimum absolute atomic E-state index is 0.344. The normalized spacial score (nSPS) is 11.6. The van der Waals surface area contributed by atoms with Crippen molar-refractivity contribution in [2.75, 3.05) is 14.2 Å². The van der Waals surface area contributed by atoms with E-state index in [1.54, 1.807) is 0 Å². The molecule has 0 amide bonds. The van der Waals surface area contributed by atoms with Crippen LogP contribution in [-0.2, 0) is 29.5 Å². The van der Waals surface area contributed by atoms with E-state index >= 15 is 0 Å². The van der Waals surface area contributed by atoms with Crippen molar-refractivity contribution in [3.05, 3.63) is 59.7 Å². The van der Waals surface area contributed by atoms with E-state index in [1.165, 1.54) is 40.5 Å². The monoisotopic (exact) mass is 413 g/mol. The number of ether oxygens (including phenoxy) is 2. The molecule has 0 saturated heterocycles. The lowest BCUT2D eigenvalue weighted by Crippen LogP contribution is -2.32.